The van der Waals surface area contributed by atoms with Gasteiger partial charge in [0.1, 0.15) is 0 Å². The topological polar surface area (TPSA) is 154 Å². The molecule has 3 N–H and O–H groups in total. The van der Waals surface area contributed by atoms with E-state index in [9.17, 15) is 36.3 Å². The van der Waals surface area contributed by atoms with Crippen molar-refractivity contribution >= 4 is 39.4 Å². The third kappa shape index (κ3) is 7.99. The van der Waals surface area contributed by atoms with Crippen molar-refractivity contribution in [2.45, 2.75) is 24.9 Å². The third-order valence-electron chi connectivity index (χ3n) is 5.26. The number of benzene rings is 2. The summed E-state index contributed by atoms with van der Waals surface area (Å²) in [6.07, 6.45) is -5.47. The molecule has 0 unspecified atom stereocenters. The first-order chi connectivity index (χ1) is 17.7. The van der Waals surface area contributed by atoms with Gasteiger partial charge in [0, 0.05) is 26.2 Å². The van der Waals surface area contributed by atoms with Crippen LogP contribution in [0.2, 0.25) is 0 Å². The molecule has 1 amide bonds. The predicted molar refractivity (Wildman–Crippen MR) is 130 cm³/mol. The Morgan fingerprint density at radius 2 is 1.61 bits per heavy atom. The van der Waals surface area contributed by atoms with Crippen molar-refractivity contribution in [3.63, 3.8) is 0 Å². The highest BCUT2D eigenvalue weighted by molar-refractivity contribution is 7.92. The van der Waals surface area contributed by atoms with Crippen molar-refractivity contribution < 1.29 is 50.9 Å². The Morgan fingerprint density at radius 3 is 2.11 bits per heavy atom. The van der Waals surface area contributed by atoms with Crippen molar-refractivity contribution in [2.24, 2.45) is 0 Å². The second-order valence-corrected chi connectivity index (χ2v) is 9.53. The van der Waals surface area contributed by atoms with Crippen LogP contribution in [0.1, 0.15) is 22.8 Å². The fraction of sp³-hybridized carbons (Fsp3) is 0.348. The molecule has 0 spiro atoms. The number of nitrogens with zero attached hydrogens (tertiary/aromatic N) is 2. The highest BCUT2D eigenvalue weighted by Crippen LogP contribution is 2.31. The summed E-state index contributed by atoms with van der Waals surface area (Å²) in [5, 5.41) is 16.5. The molecule has 0 atom stereocenters. The van der Waals surface area contributed by atoms with E-state index in [-0.39, 0.29) is 22.2 Å². The van der Waals surface area contributed by atoms with Gasteiger partial charge < -0.3 is 24.7 Å². The van der Waals surface area contributed by atoms with Gasteiger partial charge in [-0.3, -0.25) is 4.72 Å². The Balaban J connectivity index is 0.000000638. The predicted octanol–water partition coefficient (Wildman–Crippen LogP) is 3.41. The summed E-state index contributed by atoms with van der Waals surface area (Å²) in [6, 6.07) is 10.9. The van der Waals surface area contributed by atoms with Gasteiger partial charge in [0.2, 0.25) is 0 Å². The fourth-order valence-electron chi connectivity index (χ4n) is 3.43. The molecule has 1 saturated heterocycles. The molecule has 38 heavy (non-hydrogen) atoms. The highest BCUT2D eigenvalue weighted by Gasteiger charge is 2.38. The number of halogens is 3. The largest absolute Gasteiger partial charge is 0.490 e. The van der Waals surface area contributed by atoms with Gasteiger partial charge in [-0.2, -0.15) is 13.2 Å². The van der Waals surface area contributed by atoms with E-state index in [4.69, 9.17) is 14.6 Å². The molecule has 0 saturated carbocycles. The molecular weight excluding hydrogens is 535 g/mol. The van der Waals surface area contributed by atoms with Crippen LogP contribution in [0.15, 0.2) is 47.4 Å². The average molecular weight is 562 g/mol. The maximum atomic E-state index is 13.0. The van der Waals surface area contributed by atoms with Crippen LogP contribution in [0, 0.1) is 6.92 Å². The first-order valence-corrected chi connectivity index (χ1v) is 12.6. The molecule has 0 bridgehead atoms. The maximum absolute atomic E-state index is 13.0. The molecule has 11 nitrogen and oxygen atoms in total. The van der Waals surface area contributed by atoms with Crippen LogP contribution in [0.3, 0.4) is 0 Å². The van der Waals surface area contributed by atoms with Gasteiger partial charge in [0.05, 0.1) is 28.4 Å². The number of anilines is 2. The Kier molecular flexibility index (Phi) is 9.93. The van der Waals surface area contributed by atoms with Crippen LogP contribution in [0.25, 0.3) is 0 Å². The van der Waals surface area contributed by atoms with Crippen LogP contribution in [-0.2, 0) is 19.6 Å². The van der Waals surface area contributed by atoms with Crippen molar-refractivity contribution in [3.05, 3.63) is 53.6 Å². The van der Waals surface area contributed by atoms with E-state index in [1.165, 1.54) is 18.2 Å². The van der Waals surface area contributed by atoms with Crippen LogP contribution >= 0.6 is 0 Å². The molecule has 0 radical (unpaired) electrons. The highest BCUT2D eigenvalue weighted by atomic mass is 32.2. The van der Waals surface area contributed by atoms with E-state index in [1.54, 1.807) is 43.0 Å². The summed E-state index contributed by atoms with van der Waals surface area (Å²) in [4.78, 5) is 35.9. The van der Waals surface area contributed by atoms with E-state index in [0.29, 0.717) is 44.0 Å². The smallest absolute Gasteiger partial charge is 0.478 e. The Morgan fingerprint density at radius 1 is 1.03 bits per heavy atom. The number of amides is 1. The van der Waals surface area contributed by atoms with Gasteiger partial charge >= 0.3 is 24.2 Å². The molecule has 0 aromatic heterocycles. The molecule has 15 heteroatoms. The molecule has 2 aromatic rings. The number of piperazine rings is 1. The molecule has 3 rings (SSSR count). The summed E-state index contributed by atoms with van der Waals surface area (Å²) in [7, 11) is -3.93. The second kappa shape index (κ2) is 12.5. The standard InChI is InChI=1S/C21H25N3O6S.C2HF3O2/c1-3-30-21(27)24-12-10-23(11-13-24)18-9-8-16(20(25)26)14-17(18)22-31(28,29)19-7-5-4-6-15(19)2;3-2(4,5)1(6)7/h4-9,14,22H,3,10-13H2,1-2H3,(H,25,26);(H,6,7). The quantitative estimate of drug-likeness (QED) is 0.482. The maximum Gasteiger partial charge on any atom is 0.490 e. The fourth-order valence-corrected chi connectivity index (χ4v) is 4.74. The minimum absolute atomic E-state index is 0.0311. The summed E-state index contributed by atoms with van der Waals surface area (Å²) >= 11 is 0. The first kappa shape index (κ1) is 30.2. The molecule has 1 heterocycles. The zero-order chi connectivity index (χ0) is 28.7. The summed E-state index contributed by atoms with van der Waals surface area (Å²) < 4.78 is 65.3. The van der Waals surface area contributed by atoms with Gasteiger partial charge in [-0.15, -0.1) is 0 Å². The van der Waals surface area contributed by atoms with E-state index in [0.717, 1.165) is 0 Å². The van der Waals surface area contributed by atoms with Crippen LogP contribution in [0.5, 0.6) is 0 Å². The number of aryl methyl sites for hydroxylation is 1. The minimum atomic E-state index is -5.08. The van der Waals surface area contributed by atoms with E-state index < -0.39 is 28.1 Å². The number of carbonyl (C=O) groups excluding carboxylic acids is 1. The number of hydrogen-bond acceptors (Lipinski definition) is 7. The molecule has 0 aliphatic carbocycles. The average Bonchev–Trinajstić information content (AvgIpc) is 2.84. The molecule has 1 aliphatic heterocycles. The SMILES string of the molecule is CCOC(=O)N1CCN(c2ccc(C(=O)O)cc2NS(=O)(=O)c2ccccc2C)CC1.O=C(O)C(F)(F)F. The number of ether oxygens (including phenoxy) is 1. The van der Waals surface area contributed by atoms with E-state index in [1.807, 2.05) is 4.90 Å². The number of carboxylic acids is 2. The van der Waals surface area contributed by atoms with Gasteiger partial charge in [-0.1, -0.05) is 18.2 Å². The van der Waals surface area contributed by atoms with Gasteiger partial charge in [-0.25, -0.2) is 22.8 Å². The number of carboxylic acid groups (broad SMARTS) is 2. The van der Waals surface area contributed by atoms with Crippen molar-refractivity contribution in [3.8, 4) is 0 Å². The van der Waals surface area contributed by atoms with Gasteiger partial charge in [-0.05, 0) is 43.7 Å². The summed E-state index contributed by atoms with van der Waals surface area (Å²) in [6.45, 7) is 5.44. The summed E-state index contributed by atoms with van der Waals surface area (Å²) in [5.74, 6) is -3.91. The van der Waals surface area contributed by atoms with E-state index >= 15 is 0 Å². The van der Waals surface area contributed by atoms with Gasteiger partial charge in [0.15, 0.2) is 0 Å². The number of alkyl halides is 3. The van der Waals surface area contributed by atoms with Gasteiger partial charge in [0.25, 0.3) is 10.0 Å². The lowest BCUT2D eigenvalue weighted by molar-refractivity contribution is -0.192. The van der Waals surface area contributed by atoms with Crippen molar-refractivity contribution in [1.29, 1.82) is 0 Å². The molecule has 2 aromatic carbocycles. The van der Waals surface area contributed by atoms with Crippen molar-refractivity contribution in [2.75, 3.05) is 42.4 Å². The van der Waals surface area contributed by atoms with Crippen LogP contribution < -0.4 is 9.62 Å². The summed E-state index contributed by atoms with van der Waals surface area (Å²) in [5.41, 5.74) is 1.27. The number of sulfonamides is 1. The second-order valence-electron chi connectivity index (χ2n) is 7.88. The normalized spacial score (nSPS) is 13.7. The Labute approximate surface area is 216 Å². The number of nitrogens with one attached hydrogen (secondary N) is 1. The monoisotopic (exact) mass is 561 g/mol. The number of carbonyl (C=O) groups is 3. The lowest BCUT2D eigenvalue weighted by atomic mass is 10.1. The molecule has 1 aliphatic rings. The number of aliphatic carboxylic acids is 1. The zero-order valence-corrected chi connectivity index (χ0v) is 21.2. The van der Waals surface area contributed by atoms with Crippen molar-refractivity contribution in [1.82, 2.24) is 4.90 Å². The number of hydrogen-bond donors (Lipinski definition) is 3. The molecular formula is C23H26F3N3O8S. The third-order valence-corrected chi connectivity index (χ3v) is 6.79. The first-order valence-electron chi connectivity index (χ1n) is 11.1. The zero-order valence-electron chi connectivity index (χ0n) is 20.4. The Hall–Kier alpha value is -4.01. The van der Waals surface area contributed by atoms with Crippen LogP contribution in [-0.4, -0.2) is 80.5 Å². The van der Waals surface area contributed by atoms with E-state index in [2.05, 4.69) is 4.72 Å². The number of rotatable bonds is 6. The van der Waals surface area contributed by atoms with Crippen LogP contribution in [0.4, 0.5) is 29.3 Å². The lowest BCUT2D eigenvalue weighted by Crippen LogP contribution is -2.49. The minimum Gasteiger partial charge on any atom is -0.478 e. The lowest BCUT2D eigenvalue weighted by Gasteiger charge is -2.36. The number of aromatic carboxylic acids is 1. The Bertz CT molecular complexity index is 1280. The molecule has 1 fully saturated rings. The molecule has 208 valence electrons.